The van der Waals surface area contributed by atoms with E-state index in [1.165, 1.54) is 5.56 Å². The van der Waals surface area contributed by atoms with Gasteiger partial charge >= 0.3 is 0 Å². The van der Waals surface area contributed by atoms with Crippen molar-refractivity contribution in [2.24, 2.45) is 0 Å². The summed E-state index contributed by atoms with van der Waals surface area (Å²) in [5.41, 5.74) is 6.44. The van der Waals surface area contributed by atoms with Gasteiger partial charge < -0.3 is 20.4 Å². The molecule has 0 heterocycles. The number of aryl methyl sites for hydroxylation is 1. The second kappa shape index (κ2) is 6.21. The highest BCUT2D eigenvalue weighted by Gasteiger charge is 2.10. The van der Waals surface area contributed by atoms with Crippen molar-refractivity contribution in [2.75, 3.05) is 0 Å². The number of aliphatic carboxylic acids is 1. The molecule has 2 aromatic rings. The van der Waals surface area contributed by atoms with Crippen LogP contribution in [-0.2, 0) is 11.4 Å². The number of rotatable bonds is 5. The molecule has 0 aliphatic carbocycles. The van der Waals surface area contributed by atoms with Crippen molar-refractivity contribution in [1.82, 2.24) is 0 Å². The monoisotopic (exact) mass is 271 g/mol. The van der Waals surface area contributed by atoms with E-state index in [2.05, 4.69) is 5.73 Å². The molecule has 0 aliphatic heterocycles. The Balaban J connectivity index is 1.97. The normalized spacial score (nSPS) is 11.9. The molecule has 0 unspecified atom stereocenters. The van der Waals surface area contributed by atoms with Crippen molar-refractivity contribution in [2.45, 2.75) is 19.6 Å². The van der Waals surface area contributed by atoms with E-state index in [4.69, 9.17) is 4.74 Å². The van der Waals surface area contributed by atoms with Gasteiger partial charge in [-0.1, -0.05) is 29.8 Å². The number of hydrogen-bond donors (Lipinski definition) is 1. The molecule has 20 heavy (non-hydrogen) atoms. The topological polar surface area (TPSA) is 77.0 Å². The lowest BCUT2D eigenvalue weighted by atomic mass is 10.1. The van der Waals surface area contributed by atoms with Crippen LogP contribution in [0.3, 0.4) is 0 Å². The Morgan fingerprint density at radius 1 is 1.15 bits per heavy atom. The molecule has 0 amide bonds. The Kier molecular flexibility index (Phi) is 4.38. The zero-order valence-corrected chi connectivity index (χ0v) is 11.3. The Labute approximate surface area is 117 Å². The Morgan fingerprint density at radius 2 is 1.75 bits per heavy atom. The van der Waals surface area contributed by atoms with Crippen LogP contribution in [0.2, 0.25) is 0 Å². The van der Waals surface area contributed by atoms with Crippen molar-refractivity contribution in [3.63, 3.8) is 0 Å². The maximum atomic E-state index is 10.7. The van der Waals surface area contributed by atoms with Gasteiger partial charge in [0.05, 0.1) is 0 Å². The first-order chi connectivity index (χ1) is 9.56. The summed E-state index contributed by atoms with van der Waals surface area (Å²) in [5, 5.41) is 10.7. The van der Waals surface area contributed by atoms with Gasteiger partial charge in [-0.05, 0) is 36.8 Å². The van der Waals surface area contributed by atoms with Crippen molar-refractivity contribution in [3.05, 3.63) is 65.2 Å². The van der Waals surface area contributed by atoms with E-state index in [0.717, 1.165) is 5.56 Å². The van der Waals surface area contributed by atoms with Gasteiger partial charge in [-0.3, -0.25) is 0 Å². The molecule has 104 valence electrons. The molecule has 4 nitrogen and oxygen atoms in total. The van der Waals surface area contributed by atoms with Crippen molar-refractivity contribution >= 4 is 5.97 Å². The predicted octanol–water partition coefficient (Wildman–Crippen LogP) is 0.607. The average molecular weight is 271 g/mol. The van der Waals surface area contributed by atoms with Crippen LogP contribution in [0, 0.1) is 6.92 Å². The number of quaternary nitrogens is 1. The first-order valence-electron chi connectivity index (χ1n) is 6.38. The number of carboxylic acid groups (broad SMARTS) is 1. The fourth-order valence-electron chi connectivity index (χ4n) is 1.78. The van der Waals surface area contributed by atoms with E-state index >= 15 is 0 Å². The minimum absolute atomic E-state index is 0.480. The number of carbonyl (C=O) groups excluding carboxylic acids is 1. The molecule has 3 N–H and O–H groups in total. The van der Waals surface area contributed by atoms with E-state index in [-0.39, 0.29) is 0 Å². The minimum atomic E-state index is -1.18. The summed E-state index contributed by atoms with van der Waals surface area (Å²) in [5.74, 6) is -0.488. The van der Waals surface area contributed by atoms with Gasteiger partial charge in [-0.15, -0.1) is 0 Å². The molecule has 0 radical (unpaired) electrons. The Hall–Kier alpha value is -2.33. The van der Waals surface area contributed by atoms with Crippen LogP contribution in [0.15, 0.2) is 48.5 Å². The summed E-state index contributed by atoms with van der Waals surface area (Å²) in [6.07, 6.45) is 0. The summed E-state index contributed by atoms with van der Waals surface area (Å²) in [4.78, 5) is 10.7. The Morgan fingerprint density at radius 3 is 2.30 bits per heavy atom. The molecule has 1 atom stereocenters. The third-order valence-electron chi connectivity index (χ3n) is 3.09. The van der Waals surface area contributed by atoms with Gasteiger partial charge in [0.1, 0.15) is 18.3 Å². The number of benzene rings is 2. The van der Waals surface area contributed by atoms with E-state index in [0.29, 0.717) is 17.9 Å². The molecule has 2 aromatic carbocycles. The second-order valence-electron chi connectivity index (χ2n) is 4.71. The molecule has 0 spiro atoms. The summed E-state index contributed by atoms with van der Waals surface area (Å²) < 4.78 is 5.64. The van der Waals surface area contributed by atoms with Gasteiger partial charge in [0.25, 0.3) is 0 Å². The molecule has 0 aliphatic rings. The maximum absolute atomic E-state index is 10.7. The SMILES string of the molecule is Cc1ccc(COc2ccc([C@H]([NH3+])C(=O)[O-])cc2)cc1. The van der Waals surface area contributed by atoms with Crippen LogP contribution in [0.5, 0.6) is 5.75 Å². The second-order valence-corrected chi connectivity index (χ2v) is 4.71. The van der Waals surface area contributed by atoms with Crippen molar-refractivity contribution in [3.8, 4) is 5.75 Å². The fourth-order valence-corrected chi connectivity index (χ4v) is 1.78. The molecule has 4 heteroatoms. The lowest BCUT2D eigenvalue weighted by molar-refractivity contribution is -0.443. The largest absolute Gasteiger partial charge is 0.544 e. The fraction of sp³-hybridized carbons (Fsp3) is 0.188. The van der Waals surface area contributed by atoms with Crippen LogP contribution in [-0.4, -0.2) is 5.97 Å². The maximum Gasteiger partial charge on any atom is 0.150 e. The molecule has 0 fully saturated rings. The highest BCUT2D eigenvalue weighted by Crippen LogP contribution is 2.17. The molecular formula is C16H17NO3. The highest BCUT2D eigenvalue weighted by atomic mass is 16.5. The Bertz CT molecular complexity index is 576. The smallest absolute Gasteiger partial charge is 0.150 e. The van der Waals surface area contributed by atoms with Crippen LogP contribution in [0.4, 0.5) is 0 Å². The molecule has 0 bridgehead atoms. The first-order valence-corrected chi connectivity index (χ1v) is 6.38. The van der Waals surface area contributed by atoms with E-state index in [9.17, 15) is 9.90 Å². The van der Waals surface area contributed by atoms with Crippen LogP contribution < -0.4 is 15.6 Å². The number of carboxylic acids is 1. The zero-order chi connectivity index (χ0) is 14.5. The van der Waals surface area contributed by atoms with E-state index < -0.39 is 12.0 Å². The predicted molar refractivity (Wildman–Crippen MR) is 72.6 cm³/mol. The minimum Gasteiger partial charge on any atom is -0.544 e. The van der Waals surface area contributed by atoms with Gasteiger partial charge in [0.2, 0.25) is 0 Å². The molecular weight excluding hydrogens is 254 g/mol. The number of hydrogen-bond acceptors (Lipinski definition) is 3. The van der Waals surface area contributed by atoms with Crippen LogP contribution in [0.25, 0.3) is 0 Å². The van der Waals surface area contributed by atoms with Crippen LogP contribution >= 0.6 is 0 Å². The summed E-state index contributed by atoms with van der Waals surface area (Å²) in [6.45, 7) is 2.52. The summed E-state index contributed by atoms with van der Waals surface area (Å²) >= 11 is 0. The standard InChI is InChI=1S/C16H17NO3/c1-11-2-4-12(5-3-11)10-20-14-8-6-13(7-9-14)15(17)16(18)19/h2-9,15H,10,17H2,1H3,(H,18,19)/t15-/m0/s1. The van der Waals surface area contributed by atoms with Gasteiger partial charge in [-0.2, -0.15) is 0 Å². The van der Waals surface area contributed by atoms with E-state index in [1.54, 1.807) is 24.3 Å². The molecule has 2 rings (SSSR count). The molecule has 0 saturated heterocycles. The van der Waals surface area contributed by atoms with Gasteiger partial charge in [0.15, 0.2) is 6.04 Å². The number of ether oxygens (including phenoxy) is 1. The van der Waals surface area contributed by atoms with Crippen molar-refractivity contribution in [1.29, 1.82) is 0 Å². The third-order valence-corrected chi connectivity index (χ3v) is 3.09. The first kappa shape index (κ1) is 14.1. The quantitative estimate of drug-likeness (QED) is 0.865. The van der Waals surface area contributed by atoms with Gasteiger partial charge in [0, 0.05) is 5.56 Å². The average Bonchev–Trinajstić information content (AvgIpc) is 2.46. The molecule has 0 saturated carbocycles. The summed E-state index contributed by atoms with van der Waals surface area (Å²) in [6, 6.07) is 14.1. The lowest BCUT2D eigenvalue weighted by Crippen LogP contribution is -2.60. The highest BCUT2D eigenvalue weighted by molar-refractivity contribution is 5.71. The van der Waals surface area contributed by atoms with Crippen LogP contribution in [0.1, 0.15) is 22.7 Å². The summed E-state index contributed by atoms with van der Waals surface area (Å²) in [7, 11) is 0. The zero-order valence-electron chi connectivity index (χ0n) is 11.3. The lowest BCUT2D eigenvalue weighted by Gasteiger charge is -2.11. The third kappa shape index (κ3) is 3.59. The van der Waals surface area contributed by atoms with Crippen molar-refractivity contribution < 1.29 is 20.4 Å². The van der Waals surface area contributed by atoms with Gasteiger partial charge in [-0.25, -0.2) is 0 Å². The number of carbonyl (C=O) groups is 1. The van der Waals surface area contributed by atoms with E-state index in [1.807, 2.05) is 31.2 Å². The molecule has 0 aromatic heterocycles.